The Balaban J connectivity index is 2.40. The number of aromatic nitrogens is 2. The number of nitrogens with one attached hydrogen (secondary N) is 1. The fourth-order valence-electron chi connectivity index (χ4n) is 1.54. The predicted octanol–water partition coefficient (Wildman–Crippen LogP) is 2.38. The third-order valence-electron chi connectivity index (χ3n) is 2.26. The SMILES string of the molecule is N#CCC(=O)Nc1cccc(Cl)c1-n1ccnc1. The van der Waals surface area contributed by atoms with Gasteiger partial charge in [-0.15, -0.1) is 0 Å². The number of halogens is 1. The number of anilines is 1. The first-order valence-electron chi connectivity index (χ1n) is 5.16. The lowest BCUT2D eigenvalue weighted by atomic mass is 10.2. The molecule has 1 amide bonds. The number of para-hydroxylation sites is 1. The summed E-state index contributed by atoms with van der Waals surface area (Å²) >= 11 is 6.12. The molecule has 18 heavy (non-hydrogen) atoms. The predicted molar refractivity (Wildman–Crippen MR) is 67.4 cm³/mol. The largest absolute Gasteiger partial charge is 0.323 e. The van der Waals surface area contributed by atoms with Crippen molar-refractivity contribution in [3.8, 4) is 11.8 Å². The van der Waals surface area contributed by atoms with Gasteiger partial charge in [0.05, 0.1) is 28.8 Å². The van der Waals surface area contributed by atoms with Crippen LogP contribution >= 0.6 is 11.6 Å². The van der Waals surface area contributed by atoms with E-state index in [1.54, 1.807) is 47.6 Å². The molecule has 1 aromatic heterocycles. The van der Waals surface area contributed by atoms with Crippen LogP contribution in [0.5, 0.6) is 0 Å². The lowest BCUT2D eigenvalue weighted by Crippen LogP contribution is -2.12. The van der Waals surface area contributed by atoms with Gasteiger partial charge < -0.3 is 9.88 Å². The second-order valence-electron chi connectivity index (χ2n) is 3.49. The van der Waals surface area contributed by atoms with Crippen molar-refractivity contribution in [1.82, 2.24) is 9.55 Å². The minimum Gasteiger partial charge on any atom is -0.323 e. The summed E-state index contributed by atoms with van der Waals surface area (Å²) in [7, 11) is 0. The molecule has 1 N–H and O–H groups in total. The van der Waals surface area contributed by atoms with Gasteiger partial charge in [0, 0.05) is 12.4 Å². The number of benzene rings is 1. The first kappa shape index (κ1) is 12.1. The van der Waals surface area contributed by atoms with Crippen LogP contribution in [0.15, 0.2) is 36.9 Å². The number of carbonyl (C=O) groups is 1. The molecule has 0 fully saturated rings. The lowest BCUT2D eigenvalue weighted by Gasteiger charge is -2.12. The Kier molecular flexibility index (Phi) is 3.60. The number of nitrogens with zero attached hydrogens (tertiary/aromatic N) is 3. The van der Waals surface area contributed by atoms with Gasteiger partial charge in [-0.05, 0) is 12.1 Å². The Morgan fingerprint density at radius 1 is 1.56 bits per heavy atom. The molecule has 0 bridgehead atoms. The van der Waals surface area contributed by atoms with Gasteiger partial charge in [0.1, 0.15) is 6.42 Å². The molecule has 0 saturated carbocycles. The quantitative estimate of drug-likeness (QED) is 0.921. The van der Waals surface area contributed by atoms with Crippen LogP contribution in [0, 0.1) is 11.3 Å². The molecule has 5 nitrogen and oxygen atoms in total. The normalized spacial score (nSPS) is 9.78. The zero-order valence-electron chi connectivity index (χ0n) is 9.30. The molecule has 6 heteroatoms. The van der Waals surface area contributed by atoms with Gasteiger partial charge in [0.15, 0.2) is 0 Å². The number of hydrogen-bond acceptors (Lipinski definition) is 3. The van der Waals surface area contributed by atoms with Gasteiger partial charge >= 0.3 is 0 Å². The van der Waals surface area contributed by atoms with Crippen LogP contribution in [0.25, 0.3) is 5.69 Å². The first-order chi connectivity index (χ1) is 8.72. The van der Waals surface area contributed by atoms with E-state index < -0.39 is 0 Å². The standard InChI is InChI=1S/C12H9ClN4O/c13-9-2-1-3-10(16-11(18)4-5-14)12(9)17-7-6-15-8-17/h1-3,6-8H,4H2,(H,16,18). The second-order valence-corrected chi connectivity index (χ2v) is 3.90. The summed E-state index contributed by atoms with van der Waals surface area (Å²) in [4.78, 5) is 15.4. The Morgan fingerprint density at radius 2 is 2.39 bits per heavy atom. The first-order valence-corrected chi connectivity index (χ1v) is 5.54. The van der Waals surface area contributed by atoms with Crippen molar-refractivity contribution in [2.24, 2.45) is 0 Å². The molecule has 90 valence electrons. The highest BCUT2D eigenvalue weighted by Gasteiger charge is 2.11. The van der Waals surface area contributed by atoms with Gasteiger partial charge in [-0.3, -0.25) is 4.79 Å². The Labute approximate surface area is 109 Å². The number of nitriles is 1. The maximum Gasteiger partial charge on any atom is 0.238 e. The summed E-state index contributed by atoms with van der Waals surface area (Å²) in [6.45, 7) is 0. The summed E-state index contributed by atoms with van der Waals surface area (Å²) < 4.78 is 1.70. The highest BCUT2D eigenvalue weighted by atomic mass is 35.5. The molecule has 0 aliphatic heterocycles. The molecular formula is C12H9ClN4O. The third kappa shape index (κ3) is 2.50. The van der Waals surface area contributed by atoms with Crippen molar-refractivity contribution in [3.05, 3.63) is 41.9 Å². The van der Waals surface area contributed by atoms with E-state index in [0.29, 0.717) is 16.4 Å². The summed E-state index contributed by atoms with van der Waals surface area (Å²) in [5.74, 6) is -0.374. The summed E-state index contributed by atoms with van der Waals surface area (Å²) in [5.41, 5.74) is 1.17. The van der Waals surface area contributed by atoms with Crippen LogP contribution in [0.4, 0.5) is 5.69 Å². The molecule has 1 aromatic carbocycles. The molecular weight excluding hydrogens is 252 g/mol. The van der Waals surface area contributed by atoms with Crippen molar-refractivity contribution in [2.75, 3.05) is 5.32 Å². The average molecular weight is 261 g/mol. The van der Waals surface area contributed by atoms with E-state index in [9.17, 15) is 4.79 Å². The molecule has 2 aromatic rings. The number of amides is 1. The number of rotatable bonds is 3. The monoisotopic (exact) mass is 260 g/mol. The Hall–Kier alpha value is -2.32. The van der Waals surface area contributed by atoms with E-state index in [-0.39, 0.29) is 12.3 Å². The second kappa shape index (κ2) is 5.34. The fourth-order valence-corrected chi connectivity index (χ4v) is 1.81. The smallest absolute Gasteiger partial charge is 0.238 e. The zero-order chi connectivity index (χ0) is 13.0. The number of carbonyl (C=O) groups excluding carboxylic acids is 1. The maximum absolute atomic E-state index is 11.4. The average Bonchev–Trinajstić information content (AvgIpc) is 2.82. The summed E-state index contributed by atoms with van der Waals surface area (Å²) in [5, 5.41) is 11.6. The van der Waals surface area contributed by atoms with Gasteiger partial charge in [-0.1, -0.05) is 17.7 Å². The Bertz CT molecular complexity index is 601. The van der Waals surface area contributed by atoms with Gasteiger partial charge in [0.25, 0.3) is 0 Å². The van der Waals surface area contributed by atoms with E-state index >= 15 is 0 Å². The van der Waals surface area contributed by atoms with Crippen LogP contribution in [-0.2, 0) is 4.79 Å². The molecule has 0 radical (unpaired) electrons. The molecule has 2 rings (SSSR count). The van der Waals surface area contributed by atoms with Crippen molar-refractivity contribution in [1.29, 1.82) is 5.26 Å². The van der Waals surface area contributed by atoms with Gasteiger partial charge in [-0.25, -0.2) is 4.98 Å². The van der Waals surface area contributed by atoms with Crippen LogP contribution in [0.1, 0.15) is 6.42 Å². The molecule has 0 unspecified atom stereocenters. The van der Waals surface area contributed by atoms with E-state index in [4.69, 9.17) is 16.9 Å². The fraction of sp³-hybridized carbons (Fsp3) is 0.0833. The van der Waals surface area contributed by atoms with Crippen molar-refractivity contribution in [2.45, 2.75) is 6.42 Å². The highest BCUT2D eigenvalue weighted by Crippen LogP contribution is 2.28. The molecule has 0 aliphatic rings. The number of hydrogen-bond donors (Lipinski definition) is 1. The summed E-state index contributed by atoms with van der Waals surface area (Å²) in [6.07, 6.45) is 4.72. The van der Waals surface area contributed by atoms with Gasteiger partial charge in [-0.2, -0.15) is 5.26 Å². The van der Waals surface area contributed by atoms with Crippen LogP contribution < -0.4 is 5.32 Å². The Morgan fingerprint density at radius 3 is 3.06 bits per heavy atom. The van der Waals surface area contributed by atoms with Crippen molar-refractivity contribution >= 4 is 23.2 Å². The lowest BCUT2D eigenvalue weighted by molar-refractivity contribution is -0.115. The van der Waals surface area contributed by atoms with Crippen molar-refractivity contribution in [3.63, 3.8) is 0 Å². The molecule has 0 atom stereocenters. The molecule has 0 aliphatic carbocycles. The van der Waals surface area contributed by atoms with Crippen LogP contribution in [-0.4, -0.2) is 15.5 Å². The van der Waals surface area contributed by atoms with E-state index in [1.807, 2.05) is 0 Å². The number of imidazole rings is 1. The zero-order valence-corrected chi connectivity index (χ0v) is 10.1. The van der Waals surface area contributed by atoms with Gasteiger partial charge in [0.2, 0.25) is 5.91 Å². The van der Waals surface area contributed by atoms with Crippen molar-refractivity contribution < 1.29 is 4.79 Å². The van der Waals surface area contributed by atoms with E-state index in [0.717, 1.165) is 0 Å². The minimum absolute atomic E-state index is 0.199. The summed E-state index contributed by atoms with van der Waals surface area (Å²) in [6, 6.07) is 6.96. The van der Waals surface area contributed by atoms with Crippen LogP contribution in [0.2, 0.25) is 5.02 Å². The van der Waals surface area contributed by atoms with E-state index in [2.05, 4.69) is 10.3 Å². The maximum atomic E-state index is 11.4. The highest BCUT2D eigenvalue weighted by molar-refractivity contribution is 6.33. The molecule has 0 spiro atoms. The molecule has 1 heterocycles. The van der Waals surface area contributed by atoms with Crippen LogP contribution in [0.3, 0.4) is 0 Å². The topological polar surface area (TPSA) is 70.7 Å². The third-order valence-corrected chi connectivity index (χ3v) is 2.57. The van der Waals surface area contributed by atoms with E-state index in [1.165, 1.54) is 0 Å². The minimum atomic E-state index is -0.374. The molecule has 0 saturated heterocycles.